The van der Waals surface area contributed by atoms with E-state index in [0.29, 0.717) is 5.82 Å². The molecule has 0 aliphatic rings. The molecule has 3 heterocycles. The summed E-state index contributed by atoms with van der Waals surface area (Å²) >= 11 is 0. The molecule has 0 unspecified atom stereocenters. The second-order valence-corrected chi connectivity index (χ2v) is 12.9. The Labute approximate surface area is 294 Å². The molecule has 0 atom stereocenters. The van der Waals surface area contributed by atoms with Gasteiger partial charge in [0, 0.05) is 38.4 Å². The molecule has 0 saturated carbocycles. The van der Waals surface area contributed by atoms with Crippen molar-refractivity contribution >= 4 is 43.6 Å². The van der Waals surface area contributed by atoms with Gasteiger partial charge in [0.25, 0.3) is 0 Å². The highest BCUT2D eigenvalue weighted by Crippen LogP contribution is 2.37. The van der Waals surface area contributed by atoms with E-state index in [2.05, 4.69) is 127 Å². The van der Waals surface area contributed by atoms with Crippen LogP contribution < -0.4 is 0 Å². The molecular formula is C47H29N3O. The molecule has 0 spiro atoms. The van der Waals surface area contributed by atoms with E-state index in [1.165, 1.54) is 10.8 Å². The molecule has 0 fully saturated rings. The molecule has 10 aromatic rings. The average Bonchev–Trinajstić information content (AvgIpc) is 3.58. The Bertz CT molecular complexity index is 2860. The Hall–Kier alpha value is -6.91. The van der Waals surface area contributed by atoms with Crippen LogP contribution in [-0.2, 0) is 0 Å². The highest BCUT2D eigenvalue weighted by atomic mass is 16.3. The smallest absolute Gasteiger partial charge is 0.160 e. The van der Waals surface area contributed by atoms with Gasteiger partial charge in [0.05, 0.1) is 22.6 Å². The molecule has 0 amide bonds. The van der Waals surface area contributed by atoms with E-state index in [1.807, 2.05) is 48.5 Å². The molecule has 0 radical (unpaired) electrons. The number of para-hydroxylation sites is 1. The normalized spacial score (nSPS) is 11.5. The van der Waals surface area contributed by atoms with Gasteiger partial charge in [0.1, 0.15) is 11.2 Å². The van der Waals surface area contributed by atoms with Crippen LogP contribution in [0.15, 0.2) is 180 Å². The van der Waals surface area contributed by atoms with Crippen LogP contribution in [0.3, 0.4) is 0 Å². The van der Waals surface area contributed by atoms with Gasteiger partial charge in [-0.15, -0.1) is 0 Å². The topological polar surface area (TPSA) is 51.8 Å². The number of hydrogen-bond donors (Lipinski definition) is 0. The summed E-state index contributed by atoms with van der Waals surface area (Å²) in [6.07, 6.45) is 0. The van der Waals surface area contributed by atoms with Crippen molar-refractivity contribution in [2.75, 3.05) is 0 Å². The summed E-state index contributed by atoms with van der Waals surface area (Å²) in [6, 6.07) is 61.0. The van der Waals surface area contributed by atoms with Crippen LogP contribution in [0.25, 0.3) is 99.9 Å². The van der Waals surface area contributed by atoms with Crippen LogP contribution >= 0.6 is 0 Å². The van der Waals surface area contributed by atoms with E-state index in [4.69, 9.17) is 19.4 Å². The number of nitrogens with zero attached hydrogens (tertiary/aromatic N) is 3. The fraction of sp³-hybridized carbons (Fsp3) is 0. The van der Waals surface area contributed by atoms with Gasteiger partial charge in [-0.25, -0.2) is 15.0 Å². The summed E-state index contributed by atoms with van der Waals surface area (Å²) in [7, 11) is 0. The highest BCUT2D eigenvalue weighted by molar-refractivity contribution is 6.06. The Balaban J connectivity index is 1.20. The van der Waals surface area contributed by atoms with Gasteiger partial charge < -0.3 is 4.42 Å². The Morgan fingerprint density at radius 3 is 1.75 bits per heavy atom. The Morgan fingerprint density at radius 2 is 0.941 bits per heavy atom. The molecular weight excluding hydrogens is 623 g/mol. The first-order chi connectivity index (χ1) is 25.2. The number of rotatable bonds is 5. The lowest BCUT2D eigenvalue weighted by Gasteiger charge is -2.13. The van der Waals surface area contributed by atoms with Gasteiger partial charge in [-0.05, 0) is 82.6 Å². The third kappa shape index (κ3) is 5.31. The summed E-state index contributed by atoms with van der Waals surface area (Å²) in [5.41, 5.74) is 11.5. The molecule has 4 nitrogen and oxygen atoms in total. The lowest BCUT2D eigenvalue weighted by atomic mass is 9.95. The highest BCUT2D eigenvalue weighted by Gasteiger charge is 2.15. The van der Waals surface area contributed by atoms with E-state index in [9.17, 15) is 0 Å². The fourth-order valence-electron chi connectivity index (χ4n) is 7.04. The number of fused-ring (bicyclic) bond motifs is 5. The van der Waals surface area contributed by atoms with Crippen molar-refractivity contribution in [3.8, 4) is 56.3 Å². The van der Waals surface area contributed by atoms with Gasteiger partial charge in [-0.1, -0.05) is 115 Å². The largest absolute Gasteiger partial charge is 0.456 e. The van der Waals surface area contributed by atoms with E-state index in [0.717, 1.165) is 83.3 Å². The second-order valence-electron chi connectivity index (χ2n) is 12.9. The van der Waals surface area contributed by atoms with Crippen LogP contribution in [-0.4, -0.2) is 15.0 Å². The zero-order chi connectivity index (χ0) is 33.7. The third-order valence-electron chi connectivity index (χ3n) is 9.62. The summed E-state index contributed by atoms with van der Waals surface area (Å²) in [5.74, 6) is 0.681. The van der Waals surface area contributed by atoms with Crippen LogP contribution in [0.2, 0.25) is 0 Å². The number of pyridine rings is 1. The molecule has 0 aliphatic heterocycles. The van der Waals surface area contributed by atoms with E-state index in [-0.39, 0.29) is 0 Å². The molecule has 0 aliphatic carbocycles. The number of furan rings is 1. The Morgan fingerprint density at radius 1 is 0.314 bits per heavy atom. The van der Waals surface area contributed by atoms with E-state index >= 15 is 0 Å². The van der Waals surface area contributed by atoms with Gasteiger partial charge in [-0.3, -0.25) is 0 Å². The number of benzene rings is 7. The third-order valence-corrected chi connectivity index (χ3v) is 9.62. The first kappa shape index (κ1) is 29.0. The maximum absolute atomic E-state index is 6.18. The van der Waals surface area contributed by atoms with Gasteiger partial charge >= 0.3 is 0 Å². The molecule has 51 heavy (non-hydrogen) atoms. The summed E-state index contributed by atoms with van der Waals surface area (Å²) in [4.78, 5) is 15.5. The average molecular weight is 652 g/mol. The van der Waals surface area contributed by atoms with Crippen molar-refractivity contribution in [1.29, 1.82) is 0 Å². The maximum Gasteiger partial charge on any atom is 0.160 e. The van der Waals surface area contributed by atoms with E-state index < -0.39 is 0 Å². The monoisotopic (exact) mass is 651 g/mol. The van der Waals surface area contributed by atoms with Crippen LogP contribution in [0.5, 0.6) is 0 Å². The van der Waals surface area contributed by atoms with Crippen LogP contribution in [0, 0.1) is 0 Å². The Kier molecular flexibility index (Phi) is 6.78. The fourth-order valence-corrected chi connectivity index (χ4v) is 7.04. The van der Waals surface area contributed by atoms with Crippen molar-refractivity contribution in [3.63, 3.8) is 0 Å². The lowest BCUT2D eigenvalue weighted by molar-refractivity contribution is 0.669. The molecule has 3 aromatic heterocycles. The molecule has 0 saturated heterocycles. The van der Waals surface area contributed by atoms with Crippen LogP contribution in [0.4, 0.5) is 0 Å². The van der Waals surface area contributed by atoms with Gasteiger partial charge in [0.15, 0.2) is 5.82 Å². The predicted octanol–water partition coefficient (Wildman–Crippen LogP) is 12.4. The number of aromatic nitrogens is 3. The van der Waals surface area contributed by atoms with Crippen LogP contribution in [0.1, 0.15) is 0 Å². The van der Waals surface area contributed by atoms with Crippen molar-refractivity contribution in [1.82, 2.24) is 15.0 Å². The maximum atomic E-state index is 6.18. The molecule has 0 bridgehead atoms. The molecule has 238 valence electrons. The summed E-state index contributed by atoms with van der Waals surface area (Å²) in [5, 5.41) is 5.68. The second kappa shape index (κ2) is 11.9. The molecule has 4 heteroatoms. The van der Waals surface area contributed by atoms with Crippen molar-refractivity contribution < 1.29 is 4.42 Å². The lowest BCUT2D eigenvalue weighted by Crippen LogP contribution is -1.96. The van der Waals surface area contributed by atoms with Gasteiger partial charge in [0.2, 0.25) is 0 Å². The van der Waals surface area contributed by atoms with Crippen molar-refractivity contribution in [2.45, 2.75) is 0 Å². The molecule has 7 aromatic carbocycles. The zero-order valence-electron chi connectivity index (χ0n) is 27.5. The SMILES string of the molecule is c1ccc(-c2cc(-c3cc(-c4ccc5oc6ccccc6c5c4)cc(-c4ccc5cc6ccccc6cc5n4)c3)nc(-c3ccccc3)n2)cc1. The minimum absolute atomic E-state index is 0.681. The predicted molar refractivity (Wildman–Crippen MR) is 209 cm³/mol. The molecule has 0 N–H and O–H groups in total. The number of hydrogen-bond acceptors (Lipinski definition) is 4. The quantitative estimate of drug-likeness (QED) is 0.174. The first-order valence-corrected chi connectivity index (χ1v) is 17.1. The van der Waals surface area contributed by atoms with Gasteiger partial charge in [-0.2, -0.15) is 0 Å². The van der Waals surface area contributed by atoms with Crippen molar-refractivity contribution in [3.05, 3.63) is 176 Å². The summed E-state index contributed by atoms with van der Waals surface area (Å²) < 4.78 is 6.18. The molecule has 10 rings (SSSR count). The van der Waals surface area contributed by atoms with E-state index in [1.54, 1.807) is 0 Å². The standard InChI is InChI=1S/C47H29N3O/c1-3-11-30(12-4-1)43-29-44(50-47(49-43)31-13-5-2-6-14-31)38-25-36(34-20-22-46-40(27-34)39-17-9-10-18-45(39)51-46)24-37(26-38)41-21-19-35-23-32-15-7-8-16-33(32)28-42(35)48-41/h1-29H. The summed E-state index contributed by atoms with van der Waals surface area (Å²) in [6.45, 7) is 0. The minimum Gasteiger partial charge on any atom is -0.456 e. The van der Waals surface area contributed by atoms with Crippen molar-refractivity contribution in [2.24, 2.45) is 0 Å². The zero-order valence-corrected chi connectivity index (χ0v) is 27.5. The first-order valence-electron chi connectivity index (χ1n) is 17.1. The minimum atomic E-state index is 0.681.